The Morgan fingerprint density at radius 2 is 0.888 bits per heavy atom. The molecule has 10 saturated heterocycles. The van der Waals surface area contributed by atoms with Crippen LogP contribution in [0.3, 0.4) is 0 Å². The third kappa shape index (κ3) is 21.7. The highest BCUT2D eigenvalue weighted by molar-refractivity contribution is 7.80. The molecule has 41 heteroatoms. The summed E-state index contributed by atoms with van der Waals surface area (Å²) in [7, 11) is 0. The molecule has 26 N–H and O–H groups in total. The van der Waals surface area contributed by atoms with Crippen LogP contribution in [-0.2, 0) is 52.1 Å². The fourth-order valence-corrected chi connectivity index (χ4v) is 13.2. The number of rotatable bonds is 30. The predicted molar refractivity (Wildman–Crippen MR) is 342 cm³/mol. The number of thiocarbonyl (C=S) groups is 3. The minimum absolute atomic E-state index is 0.00321. The molecule has 0 radical (unpaired) electrons. The molecule has 0 amide bonds. The normalized spacial score (nSPS) is 41.6. The summed E-state index contributed by atoms with van der Waals surface area (Å²) in [5.41, 5.74) is -2.03. The summed E-state index contributed by atoms with van der Waals surface area (Å²) in [6.45, 7) is -2.50. The van der Waals surface area contributed by atoms with Crippen molar-refractivity contribution in [1.29, 1.82) is 0 Å². The Balaban J connectivity index is 1.07. The van der Waals surface area contributed by atoms with E-state index in [1.807, 2.05) is 11.8 Å². The van der Waals surface area contributed by atoms with Gasteiger partial charge in [0, 0.05) is 70.8 Å². The molecular formula is C57H103N7O31S3. The van der Waals surface area contributed by atoms with E-state index >= 15 is 0 Å². The summed E-state index contributed by atoms with van der Waals surface area (Å²) in [6.07, 6.45) is -41.4. The monoisotopic (exact) mass is 1480 g/mol. The Kier molecular flexibility index (Phi) is 33.7. The maximum atomic E-state index is 11.5. The number of unbranched alkanes of at least 4 members (excludes halogenated alkanes) is 1. The Labute approximate surface area is 580 Å². The zero-order valence-electron chi connectivity index (χ0n) is 54.0. The van der Waals surface area contributed by atoms with Crippen LogP contribution < -0.4 is 31.9 Å². The van der Waals surface area contributed by atoms with Crippen LogP contribution in [0.15, 0.2) is 0 Å². The first kappa shape index (κ1) is 83.1. The molecule has 0 aromatic carbocycles. The maximum absolute atomic E-state index is 11.5. The largest absolute Gasteiger partial charge is 0.394 e. The zero-order chi connectivity index (χ0) is 71.7. The van der Waals surface area contributed by atoms with Gasteiger partial charge in [-0.05, 0) is 55.9 Å². The van der Waals surface area contributed by atoms with E-state index in [2.05, 4.69) is 31.9 Å². The first-order chi connectivity index (χ1) is 46.7. The lowest BCUT2D eigenvalue weighted by Gasteiger charge is -2.47. The highest BCUT2D eigenvalue weighted by Gasteiger charge is 2.53. The van der Waals surface area contributed by atoms with Gasteiger partial charge in [-0.1, -0.05) is 26.2 Å². The van der Waals surface area contributed by atoms with Crippen LogP contribution in [-0.4, -0.2) is 405 Å². The van der Waals surface area contributed by atoms with Crippen molar-refractivity contribution in [2.24, 2.45) is 11.8 Å². The van der Waals surface area contributed by atoms with Crippen molar-refractivity contribution < 1.29 is 154 Å². The second-order valence-electron chi connectivity index (χ2n) is 25.5. The van der Waals surface area contributed by atoms with Gasteiger partial charge in [-0.3, -0.25) is 4.90 Å². The Morgan fingerprint density at radius 3 is 1.36 bits per heavy atom. The molecule has 0 saturated carbocycles. The van der Waals surface area contributed by atoms with Crippen molar-refractivity contribution in [1.82, 2.24) is 36.8 Å². The first-order valence-corrected chi connectivity index (χ1v) is 34.1. The van der Waals surface area contributed by atoms with Gasteiger partial charge in [0.2, 0.25) is 0 Å². The summed E-state index contributed by atoms with van der Waals surface area (Å²) < 4.78 is 64.1. The van der Waals surface area contributed by atoms with Crippen LogP contribution in [0.25, 0.3) is 0 Å². The van der Waals surface area contributed by atoms with Crippen molar-refractivity contribution in [2.45, 2.75) is 223 Å². The average Bonchev–Trinajstić information content (AvgIpc) is 0.782. The van der Waals surface area contributed by atoms with Crippen LogP contribution in [0, 0.1) is 11.8 Å². The van der Waals surface area contributed by atoms with Crippen molar-refractivity contribution in [3.05, 3.63) is 0 Å². The number of aliphatic hydroxyl groups excluding tert-OH is 20. The highest BCUT2D eigenvalue weighted by atomic mass is 32.1. The quantitative estimate of drug-likeness (QED) is 0.0297. The Hall–Kier alpha value is -2.21. The van der Waals surface area contributed by atoms with Gasteiger partial charge >= 0.3 is 0 Å². The highest BCUT2D eigenvalue weighted by Crippen LogP contribution is 2.36. The summed E-state index contributed by atoms with van der Waals surface area (Å²) in [4.78, 5) is 1.93. The fraction of sp³-hybridized carbons (Fsp3) is 0.947. The number of ether oxygens (including phenoxy) is 11. The van der Waals surface area contributed by atoms with Gasteiger partial charge in [-0.2, -0.15) is 0 Å². The van der Waals surface area contributed by atoms with E-state index in [-0.39, 0.29) is 74.3 Å². The third-order valence-corrected chi connectivity index (χ3v) is 19.3. The topological polar surface area (TPSA) is 582 Å². The molecule has 10 heterocycles. The predicted octanol–water partition coefficient (Wildman–Crippen LogP) is -12.8. The van der Waals surface area contributed by atoms with Crippen molar-refractivity contribution in [3.63, 3.8) is 0 Å². The molecule has 98 heavy (non-hydrogen) atoms. The second-order valence-corrected chi connectivity index (χ2v) is 26.7. The lowest BCUT2D eigenvalue weighted by molar-refractivity contribution is -0.355. The molecule has 10 aliphatic heterocycles. The minimum atomic E-state index is -2.03. The lowest BCUT2D eigenvalue weighted by Crippen LogP contribution is -2.66. The molecule has 0 aliphatic carbocycles. The molecule has 0 spiro atoms. The summed E-state index contributed by atoms with van der Waals surface area (Å²) in [5.74, 6) is -1.19. The fourth-order valence-electron chi connectivity index (χ4n) is 12.5. The van der Waals surface area contributed by atoms with Crippen molar-refractivity contribution >= 4 is 52.0 Å². The molecule has 0 aromatic rings. The first-order valence-electron chi connectivity index (χ1n) is 32.9. The molecule has 0 aromatic heterocycles. The summed E-state index contributed by atoms with van der Waals surface area (Å²) in [6, 6.07) is 0. The van der Waals surface area contributed by atoms with Crippen LogP contribution in [0.4, 0.5) is 0 Å². The van der Waals surface area contributed by atoms with E-state index in [9.17, 15) is 102 Å². The van der Waals surface area contributed by atoms with Gasteiger partial charge in [0.15, 0.2) is 53.1 Å². The van der Waals surface area contributed by atoms with Crippen LogP contribution in [0.1, 0.15) is 45.4 Å². The molecule has 10 aliphatic rings. The van der Waals surface area contributed by atoms with Crippen LogP contribution in [0.2, 0.25) is 0 Å². The Bertz CT molecular complexity index is 2290. The molecular weight excluding hydrogens is 1370 g/mol. The molecule has 570 valence electrons. The molecule has 10 fully saturated rings. The Morgan fingerprint density at radius 1 is 0.439 bits per heavy atom. The van der Waals surface area contributed by atoms with Gasteiger partial charge in [-0.25, -0.2) is 0 Å². The summed E-state index contributed by atoms with van der Waals surface area (Å²) >= 11 is 17.2. The average molecular weight is 1480 g/mol. The number of nitrogens with zero attached hydrogens (tertiary/aromatic N) is 1. The SMILES string of the molecule is CCCCC1C(CNC(=S)NCCN(CCNC(=S)NCC2O[C@@H]3OC4C(CO)O[C@H](OCCCCC2[C@@H](O)C3O)C(O)[C@@H]4O)CCNC(=S)NC(CO[C@H]2OC(CO)[C@@H](O)[C@H](O)C2O)(CO[C@H]2OC(CO)[C@@H](O)[C@H](O)C2O)CO[C@H]2OC(CO)[C@@H](O)[C@H](O)C2O)O[C@H](O)C(O)[C@@H]1O. The molecule has 4 bridgehead atoms. The van der Waals surface area contributed by atoms with Crippen LogP contribution in [0.5, 0.6) is 0 Å². The maximum Gasteiger partial charge on any atom is 0.186 e. The van der Waals surface area contributed by atoms with E-state index < -0.39 is 236 Å². The smallest absolute Gasteiger partial charge is 0.186 e. The summed E-state index contributed by atoms with van der Waals surface area (Å²) in [5, 5.41) is 232. The third-order valence-electron chi connectivity index (χ3n) is 18.5. The van der Waals surface area contributed by atoms with E-state index in [0.717, 1.165) is 12.8 Å². The van der Waals surface area contributed by atoms with Gasteiger partial charge in [0.05, 0.1) is 70.7 Å². The second kappa shape index (κ2) is 39.8. The van der Waals surface area contributed by atoms with Gasteiger partial charge < -0.3 is 186 Å². The number of aliphatic hydroxyl groups is 20. The van der Waals surface area contributed by atoms with Gasteiger partial charge in [0.25, 0.3) is 0 Å². The van der Waals surface area contributed by atoms with Crippen LogP contribution >= 0.6 is 36.7 Å². The minimum Gasteiger partial charge on any atom is -0.394 e. The number of nitrogens with one attached hydrogen (secondary N) is 6. The van der Waals surface area contributed by atoms with E-state index in [4.69, 9.17) is 88.8 Å². The van der Waals surface area contributed by atoms with E-state index in [1.165, 1.54) is 0 Å². The molecule has 30 atom stereocenters. The van der Waals surface area contributed by atoms with Crippen molar-refractivity contribution in [2.75, 3.05) is 105 Å². The lowest BCUT2D eigenvalue weighted by atomic mass is 9.84. The van der Waals surface area contributed by atoms with E-state index in [1.54, 1.807) is 0 Å². The van der Waals surface area contributed by atoms with Crippen molar-refractivity contribution in [3.8, 4) is 0 Å². The molecule has 10 rings (SSSR count). The zero-order valence-corrected chi connectivity index (χ0v) is 56.4. The molecule has 15 unspecified atom stereocenters. The van der Waals surface area contributed by atoms with E-state index in [0.29, 0.717) is 25.7 Å². The van der Waals surface area contributed by atoms with Gasteiger partial charge in [-0.15, -0.1) is 0 Å². The standard InChI is InChI=1S/C57H103N7O31S3/c1-2-3-6-24-26(89-48(84)41(78)32(24)69)15-61-54(96)58-8-11-64(12-9-59-55(97)62-16-27-25-7-4-5-14-85-49-46(83)40(77)47(31(20-68)94-49)95-53(90-27)42(79)33(25)70)13-10-60-56(98)63-57(21-86-50-43(80)37(74)34(71)28(17-65)91-50,22-87-51-44(81)38(75)35(72)29(18-66)92-51)23-88-52-45(82)39(76)36(73)30(19-67)93-52/h24-53,65-84H,2-23H2,1H3,(H2,58,61,96)(H2,59,62,97)(H2,60,63,98)/t24?,25?,26?,27?,28?,29?,30?,31?,32-,33-,34-,35-,36-,37+,38+,39+,40+,41?,42?,43?,44?,45?,46?,47?,48+,49+,50+,51+,52+,53-,57?/m1/s1. The van der Waals surface area contributed by atoms with Gasteiger partial charge in [0.1, 0.15) is 115 Å². The molecule has 38 nitrogen and oxygen atoms in total. The number of hydrogen-bond donors (Lipinski definition) is 26. The number of hydrogen-bond acceptors (Lipinski definition) is 35.